The number of rotatable bonds is 4. The van der Waals surface area contributed by atoms with Crippen molar-refractivity contribution >= 4 is 0 Å². The summed E-state index contributed by atoms with van der Waals surface area (Å²) in [6.07, 6.45) is 8.46. The van der Waals surface area contributed by atoms with Crippen molar-refractivity contribution in [3.63, 3.8) is 0 Å². The zero-order valence-electron chi connectivity index (χ0n) is 9.26. The zero-order valence-corrected chi connectivity index (χ0v) is 9.26. The van der Waals surface area contributed by atoms with Gasteiger partial charge in [0.05, 0.1) is 0 Å². The van der Waals surface area contributed by atoms with E-state index in [0.717, 1.165) is 24.3 Å². The fraction of sp³-hybridized carbons (Fsp3) is 1.00. The van der Waals surface area contributed by atoms with Crippen molar-refractivity contribution in [3.05, 3.63) is 0 Å². The highest BCUT2D eigenvalue weighted by atomic mass is 14.5. The van der Waals surface area contributed by atoms with E-state index in [1.807, 2.05) is 0 Å². The molecule has 1 nitrogen and oxygen atoms in total. The maximum absolute atomic E-state index is 5.52. The van der Waals surface area contributed by atoms with Crippen LogP contribution in [0, 0.1) is 17.8 Å². The Bertz CT molecular complexity index is 123. The van der Waals surface area contributed by atoms with Crippen LogP contribution in [0.1, 0.15) is 52.4 Å². The first-order valence-electron chi connectivity index (χ1n) is 5.94. The normalized spacial score (nSPS) is 29.5. The van der Waals surface area contributed by atoms with Crippen LogP contribution < -0.4 is 5.73 Å². The quantitative estimate of drug-likeness (QED) is 0.711. The summed E-state index contributed by atoms with van der Waals surface area (Å²) in [5.41, 5.74) is 5.52. The summed E-state index contributed by atoms with van der Waals surface area (Å²) in [7, 11) is 0. The van der Waals surface area contributed by atoms with Crippen LogP contribution in [0.3, 0.4) is 0 Å². The molecule has 0 unspecified atom stereocenters. The maximum atomic E-state index is 5.52. The smallest absolute Gasteiger partial charge is 0.00772 e. The van der Waals surface area contributed by atoms with Crippen LogP contribution in [0.5, 0.6) is 0 Å². The minimum atomic E-state index is 0.879. The zero-order chi connectivity index (χ0) is 9.68. The molecule has 1 rings (SSSR count). The third kappa shape index (κ3) is 3.68. The Labute approximate surface area is 83.1 Å². The predicted octanol–water partition coefficient (Wildman–Crippen LogP) is 3.19. The van der Waals surface area contributed by atoms with Gasteiger partial charge in [-0.25, -0.2) is 0 Å². The Morgan fingerprint density at radius 3 is 2.23 bits per heavy atom. The lowest BCUT2D eigenvalue weighted by Gasteiger charge is -2.30. The molecule has 0 aliphatic heterocycles. The Morgan fingerprint density at radius 2 is 1.77 bits per heavy atom. The van der Waals surface area contributed by atoms with Gasteiger partial charge in [-0.05, 0) is 50.0 Å². The molecule has 0 aromatic carbocycles. The van der Waals surface area contributed by atoms with Gasteiger partial charge < -0.3 is 5.73 Å². The van der Waals surface area contributed by atoms with Gasteiger partial charge in [0.15, 0.2) is 0 Å². The molecule has 1 aliphatic carbocycles. The molecule has 0 aromatic rings. The molecule has 1 saturated carbocycles. The van der Waals surface area contributed by atoms with Gasteiger partial charge in [-0.3, -0.25) is 0 Å². The standard InChI is InChI=1S/C12H25N/c1-10(2)12-7-5-11(6-8-12)4-3-9-13/h10-12H,3-9,13H2,1-2H3. The molecule has 1 aliphatic rings. The van der Waals surface area contributed by atoms with Gasteiger partial charge in [0.2, 0.25) is 0 Å². The molecular formula is C12H25N. The van der Waals surface area contributed by atoms with Crippen LogP contribution in [-0.2, 0) is 0 Å². The minimum absolute atomic E-state index is 0.879. The molecular weight excluding hydrogens is 158 g/mol. The summed E-state index contributed by atoms with van der Waals surface area (Å²) >= 11 is 0. The van der Waals surface area contributed by atoms with E-state index >= 15 is 0 Å². The van der Waals surface area contributed by atoms with Crippen molar-refractivity contribution in [1.82, 2.24) is 0 Å². The van der Waals surface area contributed by atoms with Crippen LogP contribution in [0.2, 0.25) is 0 Å². The van der Waals surface area contributed by atoms with Crippen molar-refractivity contribution < 1.29 is 0 Å². The van der Waals surface area contributed by atoms with Gasteiger partial charge in [0, 0.05) is 0 Å². The summed E-state index contributed by atoms with van der Waals surface area (Å²) in [4.78, 5) is 0. The van der Waals surface area contributed by atoms with E-state index in [9.17, 15) is 0 Å². The van der Waals surface area contributed by atoms with E-state index in [-0.39, 0.29) is 0 Å². The number of hydrogen-bond donors (Lipinski definition) is 1. The van der Waals surface area contributed by atoms with Crippen LogP contribution in [0.4, 0.5) is 0 Å². The third-order valence-electron chi connectivity index (χ3n) is 3.65. The first-order valence-corrected chi connectivity index (χ1v) is 5.94. The lowest BCUT2D eigenvalue weighted by molar-refractivity contribution is 0.215. The third-order valence-corrected chi connectivity index (χ3v) is 3.65. The molecule has 13 heavy (non-hydrogen) atoms. The van der Waals surface area contributed by atoms with Gasteiger partial charge >= 0.3 is 0 Å². The monoisotopic (exact) mass is 183 g/mol. The number of nitrogens with two attached hydrogens (primary N) is 1. The van der Waals surface area contributed by atoms with Crippen LogP contribution >= 0.6 is 0 Å². The molecule has 0 heterocycles. The van der Waals surface area contributed by atoms with Crippen molar-refractivity contribution in [2.24, 2.45) is 23.5 Å². The fourth-order valence-corrected chi connectivity index (χ4v) is 2.55. The SMILES string of the molecule is CC(C)C1CCC(CCCN)CC1. The van der Waals surface area contributed by atoms with Gasteiger partial charge in [0.1, 0.15) is 0 Å². The Kier molecular flexibility index (Phi) is 4.79. The second-order valence-electron chi connectivity index (χ2n) is 4.96. The molecule has 1 heteroatoms. The minimum Gasteiger partial charge on any atom is -0.330 e. The molecule has 0 spiro atoms. The average molecular weight is 183 g/mol. The summed E-state index contributed by atoms with van der Waals surface area (Å²) in [6.45, 7) is 5.61. The predicted molar refractivity (Wildman–Crippen MR) is 58.6 cm³/mol. The van der Waals surface area contributed by atoms with E-state index < -0.39 is 0 Å². The highest BCUT2D eigenvalue weighted by molar-refractivity contribution is 4.74. The van der Waals surface area contributed by atoms with E-state index in [4.69, 9.17) is 5.73 Å². The maximum Gasteiger partial charge on any atom is -0.00772 e. The van der Waals surface area contributed by atoms with E-state index in [1.54, 1.807) is 0 Å². The van der Waals surface area contributed by atoms with E-state index in [1.165, 1.54) is 38.5 Å². The Morgan fingerprint density at radius 1 is 1.15 bits per heavy atom. The highest BCUT2D eigenvalue weighted by Crippen LogP contribution is 2.34. The summed E-state index contributed by atoms with van der Waals surface area (Å²) in [5.74, 6) is 2.91. The van der Waals surface area contributed by atoms with Crippen LogP contribution in [0.25, 0.3) is 0 Å². The van der Waals surface area contributed by atoms with Gasteiger partial charge in [0.25, 0.3) is 0 Å². The summed E-state index contributed by atoms with van der Waals surface area (Å²) in [5, 5.41) is 0. The second-order valence-corrected chi connectivity index (χ2v) is 4.96. The van der Waals surface area contributed by atoms with Crippen LogP contribution in [0.15, 0.2) is 0 Å². The topological polar surface area (TPSA) is 26.0 Å². The Hall–Kier alpha value is -0.0400. The van der Waals surface area contributed by atoms with Crippen LogP contribution in [-0.4, -0.2) is 6.54 Å². The lowest BCUT2D eigenvalue weighted by Crippen LogP contribution is -2.19. The molecule has 0 saturated heterocycles. The molecule has 0 radical (unpaired) electrons. The van der Waals surface area contributed by atoms with Crippen molar-refractivity contribution in [3.8, 4) is 0 Å². The van der Waals surface area contributed by atoms with E-state index in [0.29, 0.717) is 0 Å². The largest absolute Gasteiger partial charge is 0.330 e. The highest BCUT2D eigenvalue weighted by Gasteiger charge is 2.22. The first-order chi connectivity index (χ1) is 6.24. The van der Waals surface area contributed by atoms with Gasteiger partial charge in [-0.1, -0.05) is 26.7 Å². The van der Waals surface area contributed by atoms with Gasteiger partial charge in [-0.15, -0.1) is 0 Å². The summed E-state index contributed by atoms with van der Waals surface area (Å²) < 4.78 is 0. The lowest BCUT2D eigenvalue weighted by atomic mass is 9.76. The van der Waals surface area contributed by atoms with Crippen molar-refractivity contribution in [1.29, 1.82) is 0 Å². The molecule has 2 N–H and O–H groups in total. The van der Waals surface area contributed by atoms with Gasteiger partial charge in [-0.2, -0.15) is 0 Å². The fourth-order valence-electron chi connectivity index (χ4n) is 2.55. The van der Waals surface area contributed by atoms with E-state index in [2.05, 4.69) is 13.8 Å². The average Bonchev–Trinajstić information content (AvgIpc) is 2.15. The molecule has 0 bridgehead atoms. The van der Waals surface area contributed by atoms with Crippen molar-refractivity contribution in [2.75, 3.05) is 6.54 Å². The Balaban J connectivity index is 2.15. The van der Waals surface area contributed by atoms with Crippen molar-refractivity contribution in [2.45, 2.75) is 52.4 Å². The summed E-state index contributed by atoms with van der Waals surface area (Å²) in [6, 6.07) is 0. The molecule has 0 amide bonds. The second kappa shape index (κ2) is 5.64. The first kappa shape index (κ1) is 11.0. The molecule has 1 fully saturated rings. The molecule has 0 aromatic heterocycles. The molecule has 78 valence electrons. The number of hydrogen-bond acceptors (Lipinski definition) is 1. The molecule has 0 atom stereocenters.